The molecular formula is C14H21NO3S. The molecule has 1 aliphatic rings. The summed E-state index contributed by atoms with van der Waals surface area (Å²) >= 11 is 0. The molecule has 0 saturated heterocycles. The van der Waals surface area contributed by atoms with Crippen molar-refractivity contribution in [1.82, 2.24) is 4.72 Å². The van der Waals surface area contributed by atoms with Crippen LogP contribution in [0, 0.1) is 0 Å². The van der Waals surface area contributed by atoms with Gasteiger partial charge in [0.1, 0.15) is 0 Å². The molecule has 0 atom stereocenters. The molecule has 1 fully saturated rings. The van der Waals surface area contributed by atoms with Crippen LogP contribution < -0.4 is 4.72 Å². The molecule has 5 heteroatoms. The van der Waals surface area contributed by atoms with Crippen molar-refractivity contribution < 1.29 is 13.2 Å². The predicted octanol–water partition coefficient (Wildman–Crippen LogP) is 2.44. The van der Waals surface area contributed by atoms with Gasteiger partial charge in [0.15, 0.2) is 0 Å². The second-order valence-corrected chi connectivity index (χ2v) is 6.60. The van der Waals surface area contributed by atoms with E-state index in [1.807, 2.05) is 13.0 Å². The Hall–Kier alpha value is -0.910. The van der Waals surface area contributed by atoms with E-state index in [1.165, 1.54) is 0 Å². The second kappa shape index (κ2) is 6.50. The summed E-state index contributed by atoms with van der Waals surface area (Å²) in [5, 5.41) is 0. The zero-order chi connectivity index (χ0) is 13.7. The van der Waals surface area contributed by atoms with E-state index in [1.54, 1.807) is 18.2 Å². The summed E-state index contributed by atoms with van der Waals surface area (Å²) in [5.41, 5.74) is 0.885. The summed E-state index contributed by atoms with van der Waals surface area (Å²) in [4.78, 5) is 0.330. The van der Waals surface area contributed by atoms with Gasteiger partial charge in [-0.15, -0.1) is 0 Å². The van der Waals surface area contributed by atoms with Crippen LogP contribution in [0.4, 0.5) is 0 Å². The van der Waals surface area contributed by atoms with Gasteiger partial charge >= 0.3 is 0 Å². The zero-order valence-corrected chi connectivity index (χ0v) is 12.1. The molecule has 1 aliphatic carbocycles. The number of benzene rings is 1. The molecule has 1 aromatic rings. The van der Waals surface area contributed by atoms with Gasteiger partial charge in [0.25, 0.3) is 0 Å². The van der Waals surface area contributed by atoms with Crippen LogP contribution in [-0.4, -0.2) is 21.1 Å². The molecule has 0 spiro atoms. The first-order valence-corrected chi connectivity index (χ1v) is 8.29. The third kappa shape index (κ3) is 4.03. The zero-order valence-electron chi connectivity index (χ0n) is 11.3. The van der Waals surface area contributed by atoms with E-state index in [0.717, 1.165) is 31.2 Å². The molecule has 0 amide bonds. The number of hydrogen-bond donors (Lipinski definition) is 1. The number of hydrogen-bond acceptors (Lipinski definition) is 3. The Morgan fingerprint density at radius 1 is 1.32 bits per heavy atom. The lowest BCUT2D eigenvalue weighted by atomic mass is 10.2. The predicted molar refractivity (Wildman–Crippen MR) is 74.3 cm³/mol. The lowest BCUT2D eigenvalue weighted by Crippen LogP contribution is -2.32. The molecule has 0 unspecified atom stereocenters. The van der Waals surface area contributed by atoms with Gasteiger partial charge in [-0.05, 0) is 37.5 Å². The van der Waals surface area contributed by atoms with E-state index in [2.05, 4.69) is 4.72 Å². The fraction of sp³-hybridized carbons (Fsp3) is 0.571. The molecule has 106 valence electrons. The third-order valence-electron chi connectivity index (χ3n) is 3.36. The van der Waals surface area contributed by atoms with E-state index in [4.69, 9.17) is 4.74 Å². The van der Waals surface area contributed by atoms with Crippen LogP contribution in [0.3, 0.4) is 0 Å². The van der Waals surface area contributed by atoms with Gasteiger partial charge in [-0.2, -0.15) is 0 Å². The molecule has 0 heterocycles. The van der Waals surface area contributed by atoms with Gasteiger partial charge in [-0.25, -0.2) is 13.1 Å². The van der Waals surface area contributed by atoms with Crippen molar-refractivity contribution in [3.63, 3.8) is 0 Å². The monoisotopic (exact) mass is 283 g/mol. The number of ether oxygens (including phenoxy) is 1. The van der Waals surface area contributed by atoms with Gasteiger partial charge in [0, 0.05) is 12.6 Å². The molecule has 0 aromatic heterocycles. The smallest absolute Gasteiger partial charge is 0.240 e. The highest BCUT2D eigenvalue weighted by molar-refractivity contribution is 7.89. The SMILES string of the molecule is CCOCc1cccc(S(=O)(=O)NC2CCCC2)c1. The van der Waals surface area contributed by atoms with Crippen molar-refractivity contribution in [3.05, 3.63) is 29.8 Å². The molecule has 0 aliphatic heterocycles. The van der Waals surface area contributed by atoms with Crippen molar-refractivity contribution in [1.29, 1.82) is 0 Å². The molecule has 1 N–H and O–H groups in total. The molecule has 0 radical (unpaired) electrons. The minimum Gasteiger partial charge on any atom is -0.377 e. The maximum Gasteiger partial charge on any atom is 0.240 e. The standard InChI is InChI=1S/C14H21NO3S/c1-2-18-11-12-6-5-9-14(10-12)19(16,17)15-13-7-3-4-8-13/h5-6,9-10,13,15H,2-4,7-8,11H2,1H3. The lowest BCUT2D eigenvalue weighted by molar-refractivity contribution is 0.134. The lowest BCUT2D eigenvalue weighted by Gasteiger charge is -2.13. The van der Waals surface area contributed by atoms with Crippen molar-refractivity contribution in [2.45, 2.75) is 50.2 Å². The fourth-order valence-corrected chi connectivity index (χ4v) is 3.73. The first-order chi connectivity index (χ1) is 9.12. The molecular weight excluding hydrogens is 262 g/mol. The maximum absolute atomic E-state index is 12.3. The summed E-state index contributed by atoms with van der Waals surface area (Å²) in [6, 6.07) is 7.06. The van der Waals surface area contributed by atoms with Crippen molar-refractivity contribution in [3.8, 4) is 0 Å². The fourth-order valence-electron chi connectivity index (χ4n) is 2.35. The Morgan fingerprint density at radius 3 is 2.74 bits per heavy atom. The van der Waals surface area contributed by atoms with E-state index >= 15 is 0 Å². The van der Waals surface area contributed by atoms with E-state index in [9.17, 15) is 8.42 Å². The van der Waals surface area contributed by atoms with Crippen molar-refractivity contribution in [2.75, 3.05) is 6.61 Å². The van der Waals surface area contributed by atoms with Crippen LogP contribution in [0.2, 0.25) is 0 Å². The Kier molecular flexibility index (Phi) is 4.96. The Balaban J connectivity index is 2.10. The van der Waals surface area contributed by atoms with Gasteiger partial charge in [0.05, 0.1) is 11.5 Å². The highest BCUT2D eigenvalue weighted by Crippen LogP contribution is 2.20. The average molecular weight is 283 g/mol. The van der Waals surface area contributed by atoms with Crippen LogP contribution in [0.25, 0.3) is 0 Å². The first-order valence-electron chi connectivity index (χ1n) is 6.81. The summed E-state index contributed by atoms with van der Waals surface area (Å²) in [7, 11) is -3.40. The minimum atomic E-state index is -3.40. The maximum atomic E-state index is 12.3. The van der Waals surface area contributed by atoms with E-state index < -0.39 is 10.0 Å². The van der Waals surface area contributed by atoms with Crippen molar-refractivity contribution in [2.24, 2.45) is 0 Å². The van der Waals surface area contributed by atoms with Gasteiger partial charge < -0.3 is 4.74 Å². The summed E-state index contributed by atoms with van der Waals surface area (Å²) in [5.74, 6) is 0. The summed E-state index contributed by atoms with van der Waals surface area (Å²) < 4.78 is 32.6. The molecule has 0 bridgehead atoms. The van der Waals surface area contributed by atoms with Crippen LogP contribution >= 0.6 is 0 Å². The van der Waals surface area contributed by atoms with Gasteiger partial charge in [0.2, 0.25) is 10.0 Å². The van der Waals surface area contributed by atoms with Gasteiger partial charge in [-0.3, -0.25) is 0 Å². The second-order valence-electron chi connectivity index (χ2n) is 4.89. The molecule has 4 nitrogen and oxygen atoms in total. The average Bonchev–Trinajstić information content (AvgIpc) is 2.89. The third-order valence-corrected chi connectivity index (χ3v) is 4.88. The quantitative estimate of drug-likeness (QED) is 0.872. The van der Waals surface area contributed by atoms with Crippen LogP contribution in [0.1, 0.15) is 38.2 Å². The molecule has 1 saturated carbocycles. The number of nitrogens with one attached hydrogen (secondary N) is 1. The van der Waals surface area contributed by atoms with Crippen LogP contribution in [0.5, 0.6) is 0 Å². The van der Waals surface area contributed by atoms with Crippen LogP contribution in [0.15, 0.2) is 29.2 Å². The largest absolute Gasteiger partial charge is 0.377 e. The Bertz CT molecular complexity index is 507. The Morgan fingerprint density at radius 2 is 2.05 bits per heavy atom. The molecule has 19 heavy (non-hydrogen) atoms. The first kappa shape index (κ1) is 14.5. The highest BCUT2D eigenvalue weighted by Gasteiger charge is 2.22. The Labute approximate surface area is 115 Å². The summed E-state index contributed by atoms with van der Waals surface area (Å²) in [6.45, 7) is 2.99. The molecule has 1 aromatic carbocycles. The number of sulfonamides is 1. The highest BCUT2D eigenvalue weighted by atomic mass is 32.2. The molecule has 2 rings (SSSR count). The number of rotatable bonds is 6. The minimum absolute atomic E-state index is 0.0977. The normalized spacial score (nSPS) is 16.9. The van der Waals surface area contributed by atoms with E-state index in [0.29, 0.717) is 18.1 Å². The van der Waals surface area contributed by atoms with Crippen LogP contribution in [-0.2, 0) is 21.4 Å². The van der Waals surface area contributed by atoms with E-state index in [-0.39, 0.29) is 6.04 Å². The summed E-state index contributed by atoms with van der Waals surface area (Å²) in [6.07, 6.45) is 4.10. The van der Waals surface area contributed by atoms with Crippen molar-refractivity contribution >= 4 is 10.0 Å². The van der Waals surface area contributed by atoms with Gasteiger partial charge in [-0.1, -0.05) is 25.0 Å². The topological polar surface area (TPSA) is 55.4 Å².